The van der Waals surface area contributed by atoms with E-state index in [9.17, 15) is 23.1 Å². The Bertz CT molecular complexity index is 588. The van der Waals surface area contributed by atoms with Crippen molar-refractivity contribution in [3.8, 4) is 5.75 Å². The van der Waals surface area contributed by atoms with Gasteiger partial charge < -0.3 is 24.6 Å². The summed E-state index contributed by atoms with van der Waals surface area (Å²) < 4.78 is 53.5. The van der Waals surface area contributed by atoms with E-state index in [1.165, 1.54) is 12.1 Å². The van der Waals surface area contributed by atoms with Crippen LogP contribution in [0.25, 0.3) is 0 Å². The molecule has 6 nitrogen and oxygen atoms in total. The summed E-state index contributed by atoms with van der Waals surface area (Å²) in [6.45, 7) is 2.42. The molecule has 0 aliphatic carbocycles. The second kappa shape index (κ2) is 9.91. The lowest BCUT2D eigenvalue weighted by atomic mass is 10.2. The summed E-state index contributed by atoms with van der Waals surface area (Å²) >= 11 is 0. The van der Waals surface area contributed by atoms with Gasteiger partial charge in [-0.2, -0.15) is 13.2 Å². The highest BCUT2D eigenvalue weighted by atomic mass is 19.4. The molecule has 27 heavy (non-hydrogen) atoms. The number of nitrogens with one attached hydrogen (secondary N) is 1. The van der Waals surface area contributed by atoms with Gasteiger partial charge in [0.25, 0.3) is 0 Å². The molecule has 1 aliphatic rings. The molecule has 1 fully saturated rings. The van der Waals surface area contributed by atoms with Crippen molar-refractivity contribution in [2.75, 3.05) is 26.4 Å². The van der Waals surface area contributed by atoms with Crippen LogP contribution in [-0.4, -0.2) is 55.7 Å². The lowest BCUT2D eigenvalue weighted by molar-refractivity contribution is -0.137. The molecule has 1 amide bonds. The second-order valence-electron chi connectivity index (χ2n) is 6.34. The fourth-order valence-electron chi connectivity index (χ4n) is 2.46. The Morgan fingerprint density at radius 2 is 2.07 bits per heavy atom. The van der Waals surface area contributed by atoms with Gasteiger partial charge >= 0.3 is 6.18 Å². The van der Waals surface area contributed by atoms with Crippen LogP contribution in [0.4, 0.5) is 13.2 Å². The largest absolute Gasteiger partial charge is 0.491 e. The number of aliphatic hydroxyl groups excluding tert-OH is 1. The summed E-state index contributed by atoms with van der Waals surface area (Å²) in [4.78, 5) is 11.9. The van der Waals surface area contributed by atoms with Gasteiger partial charge in [-0.3, -0.25) is 4.79 Å². The minimum Gasteiger partial charge on any atom is -0.491 e. The van der Waals surface area contributed by atoms with E-state index in [1.54, 1.807) is 6.92 Å². The number of rotatable bonds is 9. The highest BCUT2D eigenvalue weighted by Gasteiger charge is 2.30. The summed E-state index contributed by atoms with van der Waals surface area (Å²) in [5.74, 6) is -0.178. The molecule has 1 saturated heterocycles. The number of halogens is 3. The van der Waals surface area contributed by atoms with Gasteiger partial charge in [0.05, 0.1) is 18.3 Å². The average molecular weight is 391 g/mol. The third-order valence-electron chi connectivity index (χ3n) is 4.06. The Hall–Kier alpha value is -1.84. The van der Waals surface area contributed by atoms with E-state index >= 15 is 0 Å². The molecule has 152 valence electrons. The Morgan fingerprint density at radius 3 is 2.67 bits per heavy atom. The fourth-order valence-corrected chi connectivity index (χ4v) is 2.46. The summed E-state index contributed by atoms with van der Waals surface area (Å²) in [5, 5.41) is 12.4. The first-order valence-corrected chi connectivity index (χ1v) is 8.74. The monoisotopic (exact) mass is 391 g/mol. The van der Waals surface area contributed by atoms with Crippen LogP contribution in [0, 0.1) is 0 Å². The Labute approximate surface area is 155 Å². The lowest BCUT2D eigenvalue weighted by Gasteiger charge is -2.18. The van der Waals surface area contributed by atoms with Crippen LogP contribution >= 0.6 is 0 Å². The summed E-state index contributed by atoms with van der Waals surface area (Å²) in [5.41, 5.74) is -0.778. The maximum absolute atomic E-state index is 12.5. The molecule has 1 aliphatic heterocycles. The normalized spacial score (nSPS) is 19.5. The van der Waals surface area contributed by atoms with Crippen LogP contribution in [-0.2, 0) is 20.4 Å². The van der Waals surface area contributed by atoms with E-state index in [-0.39, 0.29) is 30.9 Å². The smallest absolute Gasteiger partial charge is 0.416 e. The number of hydrogen-bond donors (Lipinski definition) is 2. The molecule has 3 atom stereocenters. The Kier molecular flexibility index (Phi) is 7.88. The maximum atomic E-state index is 12.5. The standard InChI is InChI=1S/C18H24F3NO5/c1-12(26-11-16-3-2-8-25-16)17(24)22-9-14(23)10-27-15-6-4-13(5-7-15)18(19,20)21/h4-7,12,14,16,23H,2-3,8-11H2,1H3,(H,22,24). The van der Waals surface area contributed by atoms with Crippen molar-refractivity contribution in [1.29, 1.82) is 0 Å². The number of carbonyl (C=O) groups is 1. The van der Waals surface area contributed by atoms with Gasteiger partial charge in [-0.15, -0.1) is 0 Å². The summed E-state index contributed by atoms with van der Waals surface area (Å²) in [6.07, 6.45) is -4.19. The number of carbonyl (C=O) groups excluding carboxylic acids is 1. The molecular weight excluding hydrogens is 367 g/mol. The first kappa shape index (κ1) is 21.5. The number of aliphatic hydroxyl groups is 1. The van der Waals surface area contributed by atoms with Crippen molar-refractivity contribution in [3.63, 3.8) is 0 Å². The van der Waals surface area contributed by atoms with E-state index < -0.39 is 23.9 Å². The molecule has 0 bridgehead atoms. The SMILES string of the molecule is CC(OCC1CCCO1)C(=O)NCC(O)COc1ccc(C(F)(F)F)cc1. The zero-order valence-corrected chi connectivity index (χ0v) is 15.0. The van der Waals surface area contributed by atoms with Crippen molar-refractivity contribution in [2.45, 2.75) is 44.3 Å². The number of alkyl halides is 3. The first-order valence-electron chi connectivity index (χ1n) is 8.74. The van der Waals surface area contributed by atoms with Crippen LogP contribution in [0.5, 0.6) is 5.75 Å². The second-order valence-corrected chi connectivity index (χ2v) is 6.34. The minimum absolute atomic E-state index is 0.0166. The van der Waals surface area contributed by atoms with Crippen LogP contribution in [0.3, 0.4) is 0 Å². The molecule has 0 spiro atoms. The quantitative estimate of drug-likeness (QED) is 0.675. The third kappa shape index (κ3) is 7.36. The van der Waals surface area contributed by atoms with Crippen molar-refractivity contribution in [1.82, 2.24) is 5.32 Å². The van der Waals surface area contributed by atoms with E-state index in [1.807, 2.05) is 0 Å². The van der Waals surface area contributed by atoms with Crippen molar-refractivity contribution in [3.05, 3.63) is 29.8 Å². The molecule has 2 N–H and O–H groups in total. The number of amides is 1. The third-order valence-corrected chi connectivity index (χ3v) is 4.06. The molecule has 9 heteroatoms. The van der Waals surface area contributed by atoms with Crippen molar-refractivity contribution < 1.29 is 37.3 Å². The zero-order chi connectivity index (χ0) is 19.9. The molecule has 3 unspecified atom stereocenters. The van der Waals surface area contributed by atoms with Gasteiger partial charge in [0.1, 0.15) is 24.6 Å². The number of benzene rings is 1. The highest BCUT2D eigenvalue weighted by molar-refractivity contribution is 5.80. The van der Waals surface area contributed by atoms with Gasteiger partial charge in [0.2, 0.25) is 5.91 Å². The van der Waals surface area contributed by atoms with Crippen LogP contribution < -0.4 is 10.1 Å². The van der Waals surface area contributed by atoms with Crippen molar-refractivity contribution >= 4 is 5.91 Å². The van der Waals surface area contributed by atoms with Crippen molar-refractivity contribution in [2.24, 2.45) is 0 Å². The predicted molar refractivity (Wildman–Crippen MR) is 90.3 cm³/mol. The average Bonchev–Trinajstić information content (AvgIpc) is 3.15. The van der Waals surface area contributed by atoms with Gasteiger partial charge in [0.15, 0.2) is 0 Å². The molecule has 2 rings (SSSR count). The topological polar surface area (TPSA) is 77.0 Å². The predicted octanol–water partition coefficient (Wildman–Crippen LogP) is 2.15. The lowest BCUT2D eigenvalue weighted by Crippen LogP contribution is -2.41. The Balaban J connectivity index is 1.64. The summed E-state index contributed by atoms with van der Waals surface area (Å²) in [6, 6.07) is 4.15. The number of ether oxygens (including phenoxy) is 3. The summed E-state index contributed by atoms with van der Waals surface area (Å²) in [7, 11) is 0. The van der Waals surface area contributed by atoms with Gasteiger partial charge in [-0.05, 0) is 44.0 Å². The molecule has 0 radical (unpaired) electrons. The first-order chi connectivity index (χ1) is 12.8. The molecule has 1 aromatic carbocycles. The molecule has 1 heterocycles. The van der Waals surface area contributed by atoms with E-state index in [2.05, 4.69) is 5.32 Å². The van der Waals surface area contributed by atoms with Crippen LogP contribution in [0.2, 0.25) is 0 Å². The van der Waals surface area contributed by atoms with Crippen LogP contribution in [0.15, 0.2) is 24.3 Å². The maximum Gasteiger partial charge on any atom is 0.416 e. The van der Waals surface area contributed by atoms with E-state index in [0.29, 0.717) is 13.2 Å². The fraction of sp³-hybridized carbons (Fsp3) is 0.611. The Morgan fingerprint density at radius 1 is 1.37 bits per heavy atom. The van der Waals surface area contributed by atoms with Gasteiger partial charge in [-0.1, -0.05) is 0 Å². The van der Waals surface area contributed by atoms with Gasteiger partial charge in [0, 0.05) is 13.2 Å². The molecule has 1 aromatic rings. The van der Waals surface area contributed by atoms with Crippen LogP contribution in [0.1, 0.15) is 25.3 Å². The molecule has 0 aromatic heterocycles. The minimum atomic E-state index is -4.41. The zero-order valence-electron chi connectivity index (χ0n) is 15.0. The molecule has 0 saturated carbocycles. The highest BCUT2D eigenvalue weighted by Crippen LogP contribution is 2.30. The van der Waals surface area contributed by atoms with E-state index in [4.69, 9.17) is 14.2 Å². The molecular formula is C18H24F3NO5. The van der Waals surface area contributed by atoms with Gasteiger partial charge in [-0.25, -0.2) is 0 Å². The van der Waals surface area contributed by atoms with E-state index in [0.717, 1.165) is 25.0 Å². The number of hydrogen-bond acceptors (Lipinski definition) is 5.